The zero-order valence-corrected chi connectivity index (χ0v) is 19.3. The first-order valence-corrected chi connectivity index (χ1v) is 12.4. The smallest absolute Gasteiger partial charge is 0.262 e. The van der Waals surface area contributed by atoms with Crippen LogP contribution < -0.4 is 10.0 Å². The molecule has 33 heavy (non-hydrogen) atoms. The molecule has 6 heteroatoms. The van der Waals surface area contributed by atoms with Crippen molar-refractivity contribution in [2.24, 2.45) is 0 Å². The Morgan fingerprint density at radius 1 is 0.848 bits per heavy atom. The molecule has 0 unspecified atom stereocenters. The molecule has 0 aromatic heterocycles. The summed E-state index contributed by atoms with van der Waals surface area (Å²) in [7, 11) is -3.86. The number of nitrogens with one attached hydrogen (secondary N) is 2. The molecule has 1 aliphatic rings. The predicted octanol–water partition coefficient (Wildman–Crippen LogP) is 5.61. The van der Waals surface area contributed by atoms with E-state index < -0.39 is 10.0 Å². The van der Waals surface area contributed by atoms with Crippen LogP contribution in [-0.4, -0.2) is 14.3 Å². The molecule has 0 heterocycles. The first-order chi connectivity index (χ1) is 15.8. The van der Waals surface area contributed by atoms with Gasteiger partial charge in [0, 0.05) is 22.3 Å². The Bertz CT molecular complexity index is 1510. The van der Waals surface area contributed by atoms with E-state index in [4.69, 9.17) is 0 Å². The van der Waals surface area contributed by atoms with E-state index >= 15 is 0 Å². The summed E-state index contributed by atoms with van der Waals surface area (Å²) in [5.74, 6) is -0.347. The third kappa shape index (κ3) is 3.98. The van der Waals surface area contributed by atoms with Crippen molar-refractivity contribution in [3.63, 3.8) is 0 Å². The lowest BCUT2D eigenvalue weighted by Gasteiger charge is -2.14. The quantitative estimate of drug-likeness (QED) is 0.410. The summed E-state index contributed by atoms with van der Waals surface area (Å²) >= 11 is 0. The number of benzene rings is 4. The van der Waals surface area contributed by atoms with Crippen LogP contribution in [0.4, 0.5) is 11.4 Å². The molecule has 0 saturated heterocycles. The summed E-state index contributed by atoms with van der Waals surface area (Å²) in [4.78, 5) is 13.2. The third-order valence-corrected chi connectivity index (χ3v) is 7.66. The van der Waals surface area contributed by atoms with Crippen LogP contribution in [0.25, 0.3) is 10.8 Å². The fourth-order valence-electron chi connectivity index (χ4n) is 4.50. The van der Waals surface area contributed by atoms with Gasteiger partial charge in [-0.25, -0.2) is 8.42 Å². The standard InChI is InChI=1S/C27H24N2O3S/c1-17-5-3-7-22(15-17)29-33(31,32)25-16-21(10-9-18(25)2)27(30)28-24-14-13-20-12-11-19-6-4-8-23(24)26(19)20/h3-10,13-16,29H,11-12H2,1-2H3,(H,28,30). The zero-order valence-electron chi connectivity index (χ0n) is 18.5. The molecule has 1 aliphatic carbocycles. The molecule has 0 bridgehead atoms. The maximum absolute atomic E-state index is 13.1. The number of amides is 1. The molecule has 0 atom stereocenters. The third-order valence-electron chi connectivity index (χ3n) is 6.14. The lowest BCUT2D eigenvalue weighted by Crippen LogP contribution is -2.17. The first kappa shape index (κ1) is 21.2. The van der Waals surface area contributed by atoms with Crippen LogP contribution in [0.5, 0.6) is 0 Å². The highest BCUT2D eigenvalue weighted by atomic mass is 32.2. The van der Waals surface area contributed by atoms with Crippen molar-refractivity contribution in [1.29, 1.82) is 0 Å². The van der Waals surface area contributed by atoms with E-state index in [1.165, 1.54) is 22.6 Å². The Labute approximate surface area is 193 Å². The van der Waals surface area contributed by atoms with Crippen LogP contribution in [0.15, 0.2) is 77.7 Å². The molecule has 0 spiro atoms. The summed E-state index contributed by atoms with van der Waals surface area (Å²) in [6.45, 7) is 3.62. The normalized spacial score (nSPS) is 12.7. The first-order valence-electron chi connectivity index (χ1n) is 10.9. The highest BCUT2D eigenvalue weighted by molar-refractivity contribution is 7.92. The average molecular weight is 457 g/mol. The number of sulfonamides is 1. The minimum Gasteiger partial charge on any atom is -0.321 e. The number of hydrogen-bond donors (Lipinski definition) is 2. The molecule has 4 aromatic rings. The second-order valence-corrected chi connectivity index (χ2v) is 10.2. The van der Waals surface area contributed by atoms with Gasteiger partial charge in [-0.15, -0.1) is 0 Å². The maximum atomic E-state index is 13.1. The van der Waals surface area contributed by atoms with E-state index in [0.29, 0.717) is 11.3 Å². The van der Waals surface area contributed by atoms with Crippen LogP contribution in [0.1, 0.15) is 32.6 Å². The average Bonchev–Trinajstić information content (AvgIpc) is 3.20. The number of carbonyl (C=O) groups excluding carboxylic acids is 1. The SMILES string of the molecule is Cc1cccc(NS(=O)(=O)c2cc(C(=O)Nc3ccc4c5c(cccc35)CC4)ccc2C)c1. The van der Waals surface area contributed by atoms with E-state index in [2.05, 4.69) is 22.2 Å². The zero-order chi connectivity index (χ0) is 23.2. The van der Waals surface area contributed by atoms with Gasteiger partial charge >= 0.3 is 0 Å². The lowest BCUT2D eigenvalue weighted by atomic mass is 10.0. The van der Waals surface area contributed by atoms with Gasteiger partial charge in [0.05, 0.1) is 4.90 Å². The minimum atomic E-state index is -3.86. The van der Waals surface area contributed by atoms with Gasteiger partial charge in [0.1, 0.15) is 0 Å². The van der Waals surface area contributed by atoms with E-state index in [0.717, 1.165) is 29.5 Å². The number of aryl methyl sites for hydroxylation is 4. The van der Waals surface area contributed by atoms with Crippen molar-refractivity contribution >= 4 is 38.1 Å². The molecule has 4 aromatic carbocycles. The Morgan fingerprint density at radius 3 is 2.39 bits per heavy atom. The van der Waals surface area contributed by atoms with E-state index in [-0.39, 0.29) is 16.4 Å². The second kappa shape index (κ2) is 8.05. The van der Waals surface area contributed by atoms with Crippen molar-refractivity contribution in [3.05, 3.63) is 101 Å². The molecular formula is C27H24N2O3S. The van der Waals surface area contributed by atoms with Crippen LogP contribution >= 0.6 is 0 Å². The Morgan fingerprint density at radius 2 is 1.61 bits per heavy atom. The van der Waals surface area contributed by atoms with Crippen molar-refractivity contribution < 1.29 is 13.2 Å². The van der Waals surface area contributed by atoms with Crippen LogP contribution in [0, 0.1) is 13.8 Å². The highest BCUT2D eigenvalue weighted by Gasteiger charge is 2.21. The predicted molar refractivity (Wildman–Crippen MR) is 132 cm³/mol. The number of hydrogen-bond acceptors (Lipinski definition) is 3. The summed E-state index contributed by atoms with van der Waals surface area (Å²) < 4.78 is 28.8. The van der Waals surface area contributed by atoms with Crippen LogP contribution in [-0.2, 0) is 22.9 Å². The molecule has 1 amide bonds. The largest absolute Gasteiger partial charge is 0.321 e. The Hall–Kier alpha value is -3.64. The van der Waals surface area contributed by atoms with Crippen molar-refractivity contribution in [3.8, 4) is 0 Å². The van der Waals surface area contributed by atoms with Crippen molar-refractivity contribution in [2.75, 3.05) is 10.0 Å². The van der Waals surface area contributed by atoms with Gasteiger partial charge < -0.3 is 5.32 Å². The number of anilines is 2. The van der Waals surface area contributed by atoms with Crippen molar-refractivity contribution in [1.82, 2.24) is 0 Å². The molecule has 0 saturated carbocycles. The van der Waals surface area contributed by atoms with Gasteiger partial charge in [0.15, 0.2) is 0 Å². The van der Waals surface area contributed by atoms with Gasteiger partial charge in [-0.05, 0) is 84.7 Å². The summed E-state index contributed by atoms with van der Waals surface area (Å²) in [5, 5.41) is 5.21. The number of rotatable bonds is 5. The fraction of sp³-hybridized carbons (Fsp3) is 0.148. The number of carbonyl (C=O) groups is 1. The minimum absolute atomic E-state index is 0.0806. The second-order valence-electron chi connectivity index (χ2n) is 8.52. The maximum Gasteiger partial charge on any atom is 0.262 e. The molecule has 0 aliphatic heterocycles. The van der Waals surface area contributed by atoms with Gasteiger partial charge in [-0.2, -0.15) is 0 Å². The molecule has 5 rings (SSSR count). The van der Waals surface area contributed by atoms with Gasteiger partial charge in [-0.3, -0.25) is 9.52 Å². The van der Waals surface area contributed by atoms with E-state index in [1.54, 1.807) is 37.3 Å². The van der Waals surface area contributed by atoms with E-state index in [9.17, 15) is 13.2 Å². The topological polar surface area (TPSA) is 75.3 Å². The lowest BCUT2D eigenvalue weighted by molar-refractivity contribution is 0.102. The summed E-state index contributed by atoms with van der Waals surface area (Å²) in [6.07, 6.45) is 2.02. The van der Waals surface area contributed by atoms with Gasteiger partial charge in [-0.1, -0.05) is 42.5 Å². The van der Waals surface area contributed by atoms with Crippen LogP contribution in [0.2, 0.25) is 0 Å². The molecule has 166 valence electrons. The van der Waals surface area contributed by atoms with Crippen LogP contribution in [0.3, 0.4) is 0 Å². The molecule has 0 radical (unpaired) electrons. The Kier molecular flexibility index (Phi) is 5.17. The van der Waals surface area contributed by atoms with E-state index in [1.807, 2.05) is 31.2 Å². The monoisotopic (exact) mass is 456 g/mol. The van der Waals surface area contributed by atoms with Gasteiger partial charge in [0.25, 0.3) is 15.9 Å². The fourth-order valence-corrected chi connectivity index (χ4v) is 5.82. The molecule has 2 N–H and O–H groups in total. The highest BCUT2D eigenvalue weighted by Crippen LogP contribution is 2.35. The summed E-state index contributed by atoms with van der Waals surface area (Å²) in [6, 6.07) is 22.0. The summed E-state index contributed by atoms with van der Waals surface area (Å²) in [5.41, 5.74) is 5.60. The van der Waals surface area contributed by atoms with Gasteiger partial charge in [0.2, 0.25) is 0 Å². The van der Waals surface area contributed by atoms with Crippen molar-refractivity contribution in [2.45, 2.75) is 31.6 Å². The molecule has 5 nitrogen and oxygen atoms in total. The molecular weight excluding hydrogens is 432 g/mol. The molecule has 0 fully saturated rings. The Balaban J connectivity index is 1.46.